The van der Waals surface area contributed by atoms with E-state index >= 15 is 0 Å². The summed E-state index contributed by atoms with van der Waals surface area (Å²) in [6, 6.07) is 6.50. The highest BCUT2D eigenvalue weighted by atomic mass is 16.4. The fraction of sp³-hybridized carbons (Fsp3) is 0.429. The normalized spacial score (nSPS) is 12.6. The van der Waals surface area contributed by atoms with Gasteiger partial charge in [-0.2, -0.15) is 0 Å². The minimum Gasteiger partial charge on any atom is -0.443 e. The van der Waals surface area contributed by atoms with Crippen LogP contribution in [0.15, 0.2) is 40.0 Å². The van der Waals surface area contributed by atoms with Gasteiger partial charge >= 0.3 is 0 Å². The molecule has 6 heteroatoms. The summed E-state index contributed by atoms with van der Waals surface area (Å²) >= 11 is 0. The Kier molecular flexibility index (Phi) is 5.54. The SMILES string of the molecule is CN=C(NCCc1c[nH]c2cc(C)ccc12)NCc1ncc(C(C)(C)C)o1. The standard InChI is InChI=1S/C21H29N5O/c1-14-6-7-16-15(11-24-17(16)10-14)8-9-23-20(22-5)26-13-19-25-12-18(27-19)21(2,3)4/h6-7,10-12,24H,8-9,13H2,1-5H3,(H2,22,23,26). The van der Waals surface area contributed by atoms with Crippen molar-refractivity contribution in [2.75, 3.05) is 13.6 Å². The zero-order chi connectivity index (χ0) is 19.4. The van der Waals surface area contributed by atoms with Crippen molar-refractivity contribution in [3.8, 4) is 0 Å². The maximum atomic E-state index is 5.80. The van der Waals surface area contributed by atoms with Gasteiger partial charge in [-0.15, -0.1) is 0 Å². The third-order valence-corrected chi connectivity index (χ3v) is 4.53. The molecule has 0 bridgehead atoms. The predicted octanol–water partition coefficient (Wildman–Crippen LogP) is 3.67. The highest BCUT2D eigenvalue weighted by molar-refractivity contribution is 5.84. The monoisotopic (exact) mass is 367 g/mol. The summed E-state index contributed by atoms with van der Waals surface area (Å²) in [5, 5.41) is 7.87. The summed E-state index contributed by atoms with van der Waals surface area (Å²) in [5.74, 6) is 2.29. The first kappa shape index (κ1) is 19.0. The first-order chi connectivity index (χ1) is 12.9. The topological polar surface area (TPSA) is 78.2 Å². The lowest BCUT2D eigenvalue weighted by atomic mass is 9.94. The van der Waals surface area contributed by atoms with E-state index in [1.165, 1.54) is 22.0 Å². The Balaban J connectivity index is 1.51. The van der Waals surface area contributed by atoms with Crippen molar-refractivity contribution in [1.29, 1.82) is 0 Å². The Morgan fingerprint density at radius 3 is 2.78 bits per heavy atom. The van der Waals surface area contributed by atoms with Crippen molar-refractivity contribution < 1.29 is 4.42 Å². The number of nitrogens with one attached hydrogen (secondary N) is 3. The molecule has 3 N–H and O–H groups in total. The average Bonchev–Trinajstić information content (AvgIpc) is 3.24. The summed E-state index contributed by atoms with van der Waals surface area (Å²) in [4.78, 5) is 12.0. The summed E-state index contributed by atoms with van der Waals surface area (Å²) in [6.07, 6.45) is 4.80. The van der Waals surface area contributed by atoms with E-state index in [4.69, 9.17) is 4.42 Å². The van der Waals surface area contributed by atoms with E-state index in [-0.39, 0.29) is 5.41 Å². The Bertz CT molecular complexity index is 930. The molecule has 0 saturated heterocycles. The number of aromatic nitrogens is 2. The van der Waals surface area contributed by atoms with E-state index in [0.29, 0.717) is 12.4 Å². The second-order valence-corrected chi connectivity index (χ2v) is 7.83. The highest BCUT2D eigenvalue weighted by Gasteiger charge is 2.19. The number of oxazole rings is 1. The zero-order valence-electron chi connectivity index (χ0n) is 16.8. The van der Waals surface area contributed by atoms with E-state index in [9.17, 15) is 0 Å². The van der Waals surface area contributed by atoms with Gasteiger partial charge in [-0.05, 0) is 30.5 Å². The number of rotatable bonds is 5. The molecule has 0 atom stereocenters. The van der Waals surface area contributed by atoms with Crippen molar-refractivity contribution in [3.63, 3.8) is 0 Å². The van der Waals surface area contributed by atoms with Gasteiger partial charge in [0, 0.05) is 36.1 Å². The molecule has 0 unspecified atom stereocenters. The van der Waals surface area contributed by atoms with Crippen LogP contribution in [0.4, 0.5) is 0 Å². The molecule has 2 aromatic heterocycles. The molecule has 0 aliphatic heterocycles. The lowest BCUT2D eigenvalue weighted by Crippen LogP contribution is -2.37. The second-order valence-electron chi connectivity index (χ2n) is 7.83. The number of fused-ring (bicyclic) bond motifs is 1. The molecular formula is C21H29N5O. The molecule has 2 heterocycles. The molecular weight excluding hydrogens is 338 g/mol. The van der Waals surface area contributed by atoms with Crippen LogP contribution in [0.2, 0.25) is 0 Å². The van der Waals surface area contributed by atoms with Gasteiger partial charge in [-0.3, -0.25) is 4.99 Å². The quantitative estimate of drug-likeness (QED) is 0.475. The van der Waals surface area contributed by atoms with E-state index in [1.807, 2.05) is 0 Å². The van der Waals surface area contributed by atoms with Crippen molar-refractivity contribution in [1.82, 2.24) is 20.6 Å². The molecule has 27 heavy (non-hydrogen) atoms. The molecule has 0 amide bonds. The Morgan fingerprint density at radius 2 is 2.07 bits per heavy atom. The van der Waals surface area contributed by atoms with Crippen molar-refractivity contribution in [3.05, 3.63) is 53.4 Å². The molecule has 1 aromatic carbocycles. The van der Waals surface area contributed by atoms with Gasteiger partial charge in [-0.25, -0.2) is 4.98 Å². The smallest absolute Gasteiger partial charge is 0.213 e. The Morgan fingerprint density at radius 1 is 1.26 bits per heavy atom. The number of aliphatic imine (C=N–C) groups is 1. The maximum Gasteiger partial charge on any atom is 0.213 e. The van der Waals surface area contributed by atoms with Gasteiger partial charge in [-0.1, -0.05) is 32.9 Å². The summed E-state index contributed by atoms with van der Waals surface area (Å²) in [6.45, 7) is 9.72. The molecule has 0 aliphatic carbocycles. The van der Waals surface area contributed by atoms with Gasteiger partial charge in [0.05, 0.1) is 12.7 Å². The lowest BCUT2D eigenvalue weighted by Gasteiger charge is -2.13. The van der Waals surface area contributed by atoms with Crippen LogP contribution in [0.5, 0.6) is 0 Å². The van der Waals surface area contributed by atoms with E-state index in [1.54, 1.807) is 13.2 Å². The maximum absolute atomic E-state index is 5.80. The second kappa shape index (κ2) is 7.86. The average molecular weight is 367 g/mol. The van der Waals surface area contributed by atoms with Gasteiger partial charge < -0.3 is 20.0 Å². The molecule has 6 nitrogen and oxygen atoms in total. The molecule has 0 fully saturated rings. The largest absolute Gasteiger partial charge is 0.443 e. The van der Waals surface area contributed by atoms with Gasteiger partial charge in [0.1, 0.15) is 5.76 Å². The Labute approximate surface area is 160 Å². The van der Waals surface area contributed by atoms with Gasteiger partial charge in [0.15, 0.2) is 5.96 Å². The minimum atomic E-state index is -0.0386. The number of hydrogen-bond acceptors (Lipinski definition) is 3. The van der Waals surface area contributed by atoms with Crippen LogP contribution < -0.4 is 10.6 Å². The Hall–Kier alpha value is -2.76. The van der Waals surface area contributed by atoms with E-state index in [2.05, 4.69) is 77.7 Å². The van der Waals surface area contributed by atoms with E-state index < -0.39 is 0 Å². The van der Waals surface area contributed by atoms with Crippen LogP contribution in [0.1, 0.15) is 43.5 Å². The number of nitrogens with zero attached hydrogens (tertiary/aromatic N) is 2. The fourth-order valence-corrected chi connectivity index (χ4v) is 2.94. The van der Waals surface area contributed by atoms with Crippen LogP contribution >= 0.6 is 0 Å². The minimum absolute atomic E-state index is 0.0386. The van der Waals surface area contributed by atoms with Crippen LogP contribution in [-0.4, -0.2) is 29.5 Å². The molecule has 0 aliphatic rings. The molecule has 3 rings (SSSR count). The number of aromatic amines is 1. The number of guanidine groups is 1. The highest BCUT2D eigenvalue weighted by Crippen LogP contribution is 2.22. The van der Waals surface area contributed by atoms with Gasteiger partial charge in [0.25, 0.3) is 0 Å². The third-order valence-electron chi connectivity index (χ3n) is 4.53. The fourth-order valence-electron chi connectivity index (χ4n) is 2.94. The van der Waals surface area contributed by atoms with Crippen molar-refractivity contribution in [2.24, 2.45) is 4.99 Å². The molecule has 0 radical (unpaired) electrons. The number of hydrogen-bond donors (Lipinski definition) is 3. The first-order valence-electron chi connectivity index (χ1n) is 9.33. The van der Waals surface area contributed by atoms with E-state index in [0.717, 1.165) is 24.7 Å². The van der Waals surface area contributed by atoms with Crippen molar-refractivity contribution >= 4 is 16.9 Å². The van der Waals surface area contributed by atoms with Crippen LogP contribution in [0, 0.1) is 6.92 Å². The van der Waals surface area contributed by atoms with Crippen LogP contribution in [0.25, 0.3) is 10.9 Å². The number of H-pyrrole nitrogens is 1. The number of aryl methyl sites for hydroxylation is 1. The van der Waals surface area contributed by atoms with Crippen LogP contribution in [0.3, 0.4) is 0 Å². The zero-order valence-corrected chi connectivity index (χ0v) is 16.8. The van der Waals surface area contributed by atoms with Crippen LogP contribution in [-0.2, 0) is 18.4 Å². The number of benzene rings is 1. The molecule has 0 spiro atoms. The third kappa shape index (κ3) is 4.70. The molecule has 3 aromatic rings. The molecule has 144 valence electrons. The van der Waals surface area contributed by atoms with Gasteiger partial charge in [0.2, 0.25) is 5.89 Å². The predicted molar refractivity (Wildman–Crippen MR) is 110 cm³/mol. The van der Waals surface area contributed by atoms with Crippen molar-refractivity contribution in [2.45, 2.75) is 46.1 Å². The first-order valence-corrected chi connectivity index (χ1v) is 9.33. The summed E-state index contributed by atoms with van der Waals surface area (Å²) in [7, 11) is 1.76. The summed E-state index contributed by atoms with van der Waals surface area (Å²) < 4.78 is 5.80. The summed E-state index contributed by atoms with van der Waals surface area (Å²) in [5.41, 5.74) is 3.71. The lowest BCUT2D eigenvalue weighted by molar-refractivity contribution is 0.379. The molecule has 0 saturated carbocycles.